The predicted molar refractivity (Wildman–Crippen MR) is 69.9 cm³/mol. The molecule has 2 rings (SSSR count). The molecular formula is C13H9F2N3O3. The van der Waals surface area contributed by atoms with E-state index in [9.17, 15) is 23.7 Å². The number of aromatic nitrogens is 1. The van der Waals surface area contributed by atoms with E-state index in [2.05, 4.69) is 10.3 Å². The molecule has 8 heteroatoms. The summed E-state index contributed by atoms with van der Waals surface area (Å²) in [6.07, 6.45) is 1.41. The van der Waals surface area contributed by atoms with Gasteiger partial charge in [0.25, 0.3) is 5.91 Å². The number of carbonyl (C=O) groups excluding carboxylic acids is 1. The number of halogens is 2. The molecule has 1 aromatic carbocycles. The number of aryl methyl sites for hydroxylation is 1. The van der Waals surface area contributed by atoms with E-state index < -0.39 is 33.7 Å². The second-order valence-corrected chi connectivity index (χ2v) is 4.17. The van der Waals surface area contributed by atoms with Gasteiger partial charge in [-0.25, -0.2) is 9.37 Å². The van der Waals surface area contributed by atoms with Crippen LogP contribution in [0.1, 0.15) is 15.9 Å². The Morgan fingerprint density at radius 3 is 2.71 bits per heavy atom. The van der Waals surface area contributed by atoms with Crippen LogP contribution in [0.3, 0.4) is 0 Å². The van der Waals surface area contributed by atoms with Crippen molar-refractivity contribution >= 4 is 17.4 Å². The average Bonchev–Trinajstić information content (AvgIpc) is 2.43. The molecule has 21 heavy (non-hydrogen) atoms. The Hall–Kier alpha value is -2.90. The monoisotopic (exact) mass is 293 g/mol. The van der Waals surface area contributed by atoms with Crippen molar-refractivity contribution in [3.8, 4) is 0 Å². The summed E-state index contributed by atoms with van der Waals surface area (Å²) < 4.78 is 27.1. The van der Waals surface area contributed by atoms with Gasteiger partial charge in [0.15, 0.2) is 0 Å². The fourth-order valence-corrected chi connectivity index (χ4v) is 1.66. The van der Waals surface area contributed by atoms with E-state index in [1.54, 1.807) is 19.1 Å². The lowest BCUT2D eigenvalue weighted by atomic mass is 10.1. The normalized spacial score (nSPS) is 10.2. The van der Waals surface area contributed by atoms with Gasteiger partial charge < -0.3 is 5.32 Å². The second kappa shape index (κ2) is 5.61. The van der Waals surface area contributed by atoms with Crippen LogP contribution in [0.4, 0.5) is 20.3 Å². The molecule has 0 radical (unpaired) electrons. The van der Waals surface area contributed by atoms with Crippen LogP contribution in [0, 0.1) is 28.7 Å². The fraction of sp³-hybridized carbons (Fsp3) is 0.0769. The molecule has 0 unspecified atom stereocenters. The van der Waals surface area contributed by atoms with Crippen LogP contribution in [-0.4, -0.2) is 15.8 Å². The summed E-state index contributed by atoms with van der Waals surface area (Å²) in [5, 5.41) is 12.9. The summed E-state index contributed by atoms with van der Waals surface area (Å²) in [5.41, 5.74) is -1.25. The maximum atomic E-state index is 13.9. The van der Waals surface area contributed by atoms with Crippen molar-refractivity contribution in [3.63, 3.8) is 0 Å². The highest BCUT2D eigenvalue weighted by Gasteiger charge is 2.24. The summed E-state index contributed by atoms with van der Waals surface area (Å²) in [6, 6.07) is 4.31. The number of nitro benzene ring substituents is 1. The standard InChI is InChI=1S/C13H9F2N3O3/c1-7-3-2-4-16-12(7)17-13(19)9-5-8(14)6-10(11(9)15)18(20)21/h2-6H,1H3,(H,16,17,19). The molecule has 0 saturated carbocycles. The van der Waals surface area contributed by atoms with E-state index in [1.165, 1.54) is 6.20 Å². The molecule has 1 heterocycles. The summed E-state index contributed by atoms with van der Waals surface area (Å²) in [7, 11) is 0. The van der Waals surface area contributed by atoms with Crippen LogP contribution in [0.5, 0.6) is 0 Å². The van der Waals surface area contributed by atoms with Crippen molar-refractivity contribution < 1.29 is 18.5 Å². The molecule has 108 valence electrons. The smallest absolute Gasteiger partial charge is 0.306 e. The zero-order chi connectivity index (χ0) is 15.6. The SMILES string of the molecule is Cc1cccnc1NC(=O)c1cc(F)cc([N+](=O)[O-])c1F. The first-order valence-electron chi connectivity index (χ1n) is 5.76. The first-order valence-corrected chi connectivity index (χ1v) is 5.76. The Morgan fingerprint density at radius 1 is 1.38 bits per heavy atom. The van der Waals surface area contributed by atoms with Gasteiger partial charge in [-0.15, -0.1) is 0 Å². The quantitative estimate of drug-likeness (QED) is 0.696. The van der Waals surface area contributed by atoms with Gasteiger partial charge in [0.1, 0.15) is 11.6 Å². The minimum absolute atomic E-state index is 0.161. The van der Waals surface area contributed by atoms with Crippen molar-refractivity contribution in [1.29, 1.82) is 0 Å². The molecule has 1 aromatic heterocycles. The number of rotatable bonds is 3. The van der Waals surface area contributed by atoms with E-state index in [-0.39, 0.29) is 5.82 Å². The molecule has 0 fully saturated rings. The highest BCUT2D eigenvalue weighted by molar-refractivity contribution is 6.04. The lowest BCUT2D eigenvalue weighted by Gasteiger charge is -2.08. The number of hydrogen-bond acceptors (Lipinski definition) is 4. The van der Waals surface area contributed by atoms with Gasteiger partial charge in [-0.1, -0.05) is 6.07 Å². The number of benzene rings is 1. The minimum Gasteiger partial charge on any atom is -0.306 e. The zero-order valence-corrected chi connectivity index (χ0v) is 10.8. The first-order chi connectivity index (χ1) is 9.90. The summed E-state index contributed by atoms with van der Waals surface area (Å²) in [5.74, 6) is -3.33. The number of pyridine rings is 1. The van der Waals surface area contributed by atoms with Crippen LogP contribution in [0.2, 0.25) is 0 Å². The highest BCUT2D eigenvalue weighted by atomic mass is 19.1. The molecule has 0 saturated heterocycles. The van der Waals surface area contributed by atoms with E-state index >= 15 is 0 Å². The molecule has 6 nitrogen and oxygen atoms in total. The largest absolute Gasteiger partial charge is 0.308 e. The Bertz CT molecular complexity index is 735. The Balaban J connectivity index is 2.40. The Morgan fingerprint density at radius 2 is 2.10 bits per heavy atom. The van der Waals surface area contributed by atoms with Crippen molar-refractivity contribution in [2.45, 2.75) is 6.92 Å². The highest BCUT2D eigenvalue weighted by Crippen LogP contribution is 2.23. The number of anilines is 1. The first kappa shape index (κ1) is 14.5. The van der Waals surface area contributed by atoms with Crippen LogP contribution in [-0.2, 0) is 0 Å². The summed E-state index contributed by atoms with van der Waals surface area (Å²) in [4.78, 5) is 25.3. The lowest BCUT2D eigenvalue weighted by molar-refractivity contribution is -0.387. The fourth-order valence-electron chi connectivity index (χ4n) is 1.66. The van der Waals surface area contributed by atoms with Crippen LogP contribution in [0.15, 0.2) is 30.5 Å². The van der Waals surface area contributed by atoms with Crippen molar-refractivity contribution in [1.82, 2.24) is 4.98 Å². The van der Waals surface area contributed by atoms with Gasteiger partial charge in [0.05, 0.1) is 16.6 Å². The molecule has 0 aliphatic carbocycles. The third-order valence-corrected chi connectivity index (χ3v) is 2.70. The van der Waals surface area contributed by atoms with E-state index in [1.807, 2.05) is 0 Å². The maximum absolute atomic E-state index is 13.9. The van der Waals surface area contributed by atoms with Crippen LogP contribution >= 0.6 is 0 Å². The number of carbonyl (C=O) groups is 1. The molecule has 0 atom stereocenters. The number of nitro groups is 1. The van der Waals surface area contributed by atoms with Gasteiger partial charge in [-0.05, 0) is 24.6 Å². The van der Waals surface area contributed by atoms with Gasteiger partial charge >= 0.3 is 5.69 Å². The van der Waals surface area contributed by atoms with Gasteiger partial charge in [0, 0.05) is 6.20 Å². The molecule has 0 spiro atoms. The Kier molecular flexibility index (Phi) is 3.88. The molecule has 1 N–H and O–H groups in total. The summed E-state index contributed by atoms with van der Waals surface area (Å²) in [6.45, 7) is 1.66. The molecule has 0 aliphatic heterocycles. The predicted octanol–water partition coefficient (Wildman–Crippen LogP) is 2.83. The van der Waals surface area contributed by atoms with Gasteiger partial charge in [0.2, 0.25) is 5.82 Å². The average molecular weight is 293 g/mol. The summed E-state index contributed by atoms with van der Waals surface area (Å²) >= 11 is 0. The maximum Gasteiger partial charge on any atom is 0.308 e. The minimum atomic E-state index is -1.40. The third-order valence-electron chi connectivity index (χ3n) is 2.70. The lowest BCUT2D eigenvalue weighted by Crippen LogP contribution is -2.16. The van der Waals surface area contributed by atoms with E-state index in [0.29, 0.717) is 17.7 Å². The van der Waals surface area contributed by atoms with Crippen LogP contribution in [0.25, 0.3) is 0 Å². The second-order valence-electron chi connectivity index (χ2n) is 4.17. The molecule has 0 bridgehead atoms. The number of nitrogens with zero attached hydrogens (tertiary/aromatic N) is 2. The topological polar surface area (TPSA) is 85.1 Å². The third kappa shape index (κ3) is 2.99. The van der Waals surface area contributed by atoms with Crippen LogP contribution < -0.4 is 5.32 Å². The zero-order valence-electron chi connectivity index (χ0n) is 10.8. The Labute approximate surface area is 117 Å². The van der Waals surface area contributed by atoms with Crippen molar-refractivity contribution in [3.05, 3.63) is 63.3 Å². The molecule has 0 aliphatic rings. The van der Waals surface area contributed by atoms with Gasteiger partial charge in [-0.2, -0.15) is 4.39 Å². The molecule has 1 amide bonds. The number of hydrogen-bond donors (Lipinski definition) is 1. The number of amides is 1. The number of nitrogens with one attached hydrogen (secondary N) is 1. The molecular weight excluding hydrogens is 284 g/mol. The van der Waals surface area contributed by atoms with E-state index in [4.69, 9.17) is 0 Å². The van der Waals surface area contributed by atoms with Gasteiger partial charge in [-0.3, -0.25) is 14.9 Å². The van der Waals surface area contributed by atoms with Crippen molar-refractivity contribution in [2.24, 2.45) is 0 Å². The van der Waals surface area contributed by atoms with E-state index in [0.717, 1.165) is 0 Å². The van der Waals surface area contributed by atoms with Crippen molar-refractivity contribution in [2.75, 3.05) is 5.32 Å². The molecule has 2 aromatic rings.